The normalized spacial score (nSPS) is 13.8. The van der Waals surface area contributed by atoms with E-state index in [9.17, 15) is 4.79 Å². The molecule has 0 radical (unpaired) electrons. The number of ether oxygens (including phenoxy) is 1. The van der Waals surface area contributed by atoms with Gasteiger partial charge in [-0.1, -0.05) is 6.92 Å². The standard InChI is InChI=1S/C8H16NO2P/c1-7(5-11-2)8(10)9-6-12(3)4/h7H,3,5-6H2,1-2,4H3/p+1. The Balaban J connectivity index is 3.64. The van der Waals surface area contributed by atoms with Gasteiger partial charge in [0.2, 0.25) is 5.91 Å². The Labute approximate surface area is 74.9 Å². The molecule has 0 heterocycles. The van der Waals surface area contributed by atoms with Gasteiger partial charge in [0.05, 0.1) is 25.5 Å². The number of hydrogen-bond acceptors (Lipinski definition) is 2. The Morgan fingerprint density at radius 1 is 1.75 bits per heavy atom. The van der Waals surface area contributed by atoms with Crippen molar-refractivity contribution in [1.82, 2.24) is 5.32 Å². The number of hydrogen-bond donors (Lipinski definition) is 1. The van der Waals surface area contributed by atoms with E-state index in [1.54, 1.807) is 7.11 Å². The lowest BCUT2D eigenvalue weighted by Crippen LogP contribution is -2.31. The van der Waals surface area contributed by atoms with Crippen LogP contribution in [0.15, 0.2) is 0 Å². The van der Waals surface area contributed by atoms with Crippen LogP contribution >= 0.6 is 7.55 Å². The van der Waals surface area contributed by atoms with E-state index in [2.05, 4.69) is 11.6 Å². The summed E-state index contributed by atoms with van der Waals surface area (Å²) in [7, 11) is 1.31. The molecule has 2 atom stereocenters. The second-order valence-corrected chi connectivity index (χ2v) is 4.94. The number of carbonyl (C=O) groups is 1. The minimum Gasteiger partial charge on any atom is -0.384 e. The van der Waals surface area contributed by atoms with Gasteiger partial charge in [-0.2, -0.15) is 0 Å². The lowest BCUT2D eigenvalue weighted by atomic mass is 10.2. The molecule has 0 rings (SSSR count). The number of amides is 1. The van der Waals surface area contributed by atoms with Crippen molar-refractivity contribution in [1.29, 1.82) is 0 Å². The zero-order chi connectivity index (χ0) is 9.56. The predicted octanol–water partition coefficient (Wildman–Crippen LogP) is 0.886. The summed E-state index contributed by atoms with van der Waals surface area (Å²) in [5, 5.41) is 2.81. The van der Waals surface area contributed by atoms with Crippen LogP contribution in [-0.2, 0) is 9.53 Å². The highest BCUT2D eigenvalue weighted by molar-refractivity contribution is 7.54. The molecular formula is C8H17NO2P+. The van der Waals surface area contributed by atoms with Gasteiger partial charge < -0.3 is 10.1 Å². The third kappa shape index (κ3) is 5.28. The lowest BCUT2D eigenvalue weighted by Gasteiger charge is -2.07. The molecule has 4 heteroatoms. The second-order valence-electron chi connectivity index (χ2n) is 2.91. The fourth-order valence-corrected chi connectivity index (χ4v) is 1.14. The van der Waals surface area contributed by atoms with Crippen molar-refractivity contribution < 1.29 is 9.53 Å². The summed E-state index contributed by atoms with van der Waals surface area (Å²) in [4.78, 5) is 11.2. The zero-order valence-corrected chi connectivity index (χ0v) is 8.86. The van der Waals surface area contributed by atoms with Gasteiger partial charge in [0.25, 0.3) is 0 Å². The Hall–Kier alpha value is -0.400. The Kier molecular flexibility index (Phi) is 5.95. The van der Waals surface area contributed by atoms with E-state index in [0.717, 1.165) is 0 Å². The highest BCUT2D eigenvalue weighted by Crippen LogP contribution is 2.09. The van der Waals surface area contributed by atoms with E-state index in [-0.39, 0.29) is 19.4 Å². The topological polar surface area (TPSA) is 38.3 Å². The molecule has 0 aliphatic rings. The van der Waals surface area contributed by atoms with Crippen LogP contribution in [0.3, 0.4) is 0 Å². The van der Waals surface area contributed by atoms with Gasteiger partial charge >= 0.3 is 0 Å². The summed E-state index contributed by atoms with van der Waals surface area (Å²) in [6, 6.07) is 0. The number of carbonyl (C=O) groups excluding carboxylic acids is 1. The maximum absolute atomic E-state index is 11.2. The van der Waals surface area contributed by atoms with E-state index in [1.807, 2.05) is 13.6 Å². The predicted molar refractivity (Wildman–Crippen MR) is 54.0 cm³/mol. The Morgan fingerprint density at radius 3 is 2.75 bits per heavy atom. The molecule has 0 spiro atoms. The van der Waals surface area contributed by atoms with E-state index in [4.69, 9.17) is 4.74 Å². The van der Waals surface area contributed by atoms with Crippen LogP contribution < -0.4 is 5.32 Å². The molecule has 2 unspecified atom stereocenters. The third-order valence-corrected chi connectivity index (χ3v) is 2.09. The van der Waals surface area contributed by atoms with Crippen molar-refractivity contribution in [2.24, 2.45) is 5.92 Å². The number of nitrogens with one attached hydrogen (secondary N) is 1. The third-order valence-electron chi connectivity index (χ3n) is 1.39. The van der Waals surface area contributed by atoms with Crippen molar-refractivity contribution in [3.05, 3.63) is 0 Å². The number of rotatable bonds is 5. The van der Waals surface area contributed by atoms with Gasteiger partial charge in [0.1, 0.15) is 7.55 Å². The van der Waals surface area contributed by atoms with Gasteiger partial charge in [-0.25, -0.2) is 0 Å². The maximum Gasteiger partial charge on any atom is 0.228 e. The molecular weight excluding hydrogens is 173 g/mol. The highest BCUT2D eigenvalue weighted by Gasteiger charge is 2.12. The molecule has 12 heavy (non-hydrogen) atoms. The first-order valence-electron chi connectivity index (χ1n) is 3.86. The van der Waals surface area contributed by atoms with Crippen molar-refractivity contribution >= 4 is 19.8 Å². The van der Waals surface area contributed by atoms with E-state index in [1.165, 1.54) is 0 Å². The molecule has 70 valence electrons. The summed E-state index contributed by atoms with van der Waals surface area (Å²) in [5.74, 6) is -0.0141. The fraction of sp³-hybridized carbons (Fsp3) is 0.750. The van der Waals surface area contributed by atoms with Crippen molar-refractivity contribution in [2.45, 2.75) is 6.92 Å². The average molecular weight is 190 g/mol. The van der Waals surface area contributed by atoms with Gasteiger partial charge in [0, 0.05) is 7.11 Å². The monoisotopic (exact) mass is 190 g/mol. The quantitative estimate of drug-likeness (QED) is 0.654. The highest BCUT2D eigenvalue weighted by atomic mass is 31.1. The largest absolute Gasteiger partial charge is 0.384 e. The zero-order valence-electron chi connectivity index (χ0n) is 7.96. The van der Waals surface area contributed by atoms with Crippen molar-refractivity contribution in [3.8, 4) is 0 Å². The minimum absolute atomic E-state index is 0.0508. The van der Waals surface area contributed by atoms with Crippen LogP contribution in [0.1, 0.15) is 6.92 Å². The molecule has 0 bridgehead atoms. The smallest absolute Gasteiger partial charge is 0.228 e. The molecule has 0 saturated heterocycles. The summed E-state index contributed by atoms with van der Waals surface area (Å²) in [5.41, 5.74) is 0. The van der Waals surface area contributed by atoms with E-state index < -0.39 is 0 Å². The molecule has 3 nitrogen and oxygen atoms in total. The van der Waals surface area contributed by atoms with Crippen LogP contribution in [0.25, 0.3) is 0 Å². The SMILES string of the molecule is C=[P+](C)CNC(=O)C(C)COC. The second kappa shape index (κ2) is 6.15. The Morgan fingerprint density at radius 2 is 2.33 bits per heavy atom. The van der Waals surface area contributed by atoms with Crippen molar-refractivity contribution in [3.63, 3.8) is 0 Å². The molecule has 0 aromatic rings. The summed E-state index contributed by atoms with van der Waals surface area (Å²) in [6.07, 6.45) is 4.53. The van der Waals surface area contributed by atoms with Gasteiger partial charge in [0.15, 0.2) is 6.29 Å². The van der Waals surface area contributed by atoms with Crippen LogP contribution in [-0.4, -0.2) is 38.9 Å². The van der Waals surface area contributed by atoms with Gasteiger partial charge in [-0.05, 0) is 0 Å². The minimum atomic E-state index is -0.290. The first kappa shape index (κ1) is 11.6. The average Bonchev–Trinajstić information content (AvgIpc) is 2.00. The van der Waals surface area contributed by atoms with Gasteiger partial charge in [-0.15, -0.1) is 0 Å². The van der Waals surface area contributed by atoms with Crippen LogP contribution in [0.4, 0.5) is 0 Å². The molecule has 0 saturated carbocycles. The summed E-state index contributed by atoms with van der Waals surface area (Å²) < 4.78 is 4.86. The lowest BCUT2D eigenvalue weighted by molar-refractivity contribution is -0.125. The summed E-state index contributed by atoms with van der Waals surface area (Å²) >= 11 is 0. The first-order chi connectivity index (χ1) is 5.57. The molecule has 1 N–H and O–H groups in total. The van der Waals surface area contributed by atoms with Crippen LogP contribution in [0.2, 0.25) is 0 Å². The van der Waals surface area contributed by atoms with Gasteiger partial charge in [-0.3, -0.25) is 4.79 Å². The Bertz CT molecular complexity index is 170. The molecule has 0 aromatic heterocycles. The molecule has 0 aromatic carbocycles. The van der Waals surface area contributed by atoms with Crippen molar-refractivity contribution in [2.75, 3.05) is 26.7 Å². The maximum atomic E-state index is 11.2. The van der Waals surface area contributed by atoms with E-state index in [0.29, 0.717) is 12.9 Å². The molecule has 0 fully saturated rings. The molecule has 1 amide bonds. The first-order valence-corrected chi connectivity index (χ1v) is 6.02. The van der Waals surface area contributed by atoms with Crippen LogP contribution in [0, 0.1) is 5.92 Å². The summed E-state index contributed by atoms with van der Waals surface area (Å²) in [6.45, 7) is 4.35. The molecule has 0 aliphatic heterocycles. The fourth-order valence-electron chi connectivity index (χ4n) is 0.713. The van der Waals surface area contributed by atoms with E-state index >= 15 is 0 Å². The molecule has 0 aliphatic carbocycles. The number of methoxy groups -OCH3 is 1. The van der Waals surface area contributed by atoms with Crippen LogP contribution in [0.5, 0.6) is 0 Å².